The molecule has 1 N–H and O–H groups in total. The Hall–Kier alpha value is -1.62. The summed E-state index contributed by atoms with van der Waals surface area (Å²) in [6.07, 6.45) is 0. The van der Waals surface area contributed by atoms with E-state index in [1.54, 1.807) is 13.8 Å². The van der Waals surface area contributed by atoms with Gasteiger partial charge in [0.15, 0.2) is 0 Å². The lowest BCUT2D eigenvalue weighted by Gasteiger charge is -2.16. The third-order valence-corrected chi connectivity index (χ3v) is 3.18. The molecule has 2 rings (SSSR count). The Morgan fingerprint density at radius 1 is 1.39 bits per heavy atom. The van der Waals surface area contributed by atoms with Crippen molar-refractivity contribution in [2.24, 2.45) is 0 Å². The van der Waals surface area contributed by atoms with Crippen LogP contribution in [-0.2, 0) is 11.3 Å². The van der Waals surface area contributed by atoms with Crippen molar-refractivity contribution in [1.29, 1.82) is 0 Å². The summed E-state index contributed by atoms with van der Waals surface area (Å²) in [5, 5.41) is 2.72. The van der Waals surface area contributed by atoms with E-state index in [0.717, 1.165) is 4.90 Å². The zero-order valence-electron chi connectivity index (χ0n) is 9.96. The number of benzene rings is 1. The molecule has 0 unspecified atom stereocenters. The Bertz CT molecular complexity index is 511. The highest BCUT2D eigenvalue weighted by atomic mass is 35.5. The standard InChI is InChI=1S/C12H12ClFN2O2/c1-12(2)10(17)16(11(18)15-12)6-7-8(13)4-3-5-9(7)14/h3-5H,6H2,1-2H3,(H,15,18). The minimum absolute atomic E-state index is 0.139. The first-order chi connectivity index (χ1) is 8.33. The van der Waals surface area contributed by atoms with E-state index in [1.165, 1.54) is 18.2 Å². The molecule has 1 saturated heterocycles. The van der Waals surface area contributed by atoms with Crippen molar-refractivity contribution < 1.29 is 14.0 Å². The number of halogens is 2. The van der Waals surface area contributed by atoms with Gasteiger partial charge in [-0.1, -0.05) is 17.7 Å². The van der Waals surface area contributed by atoms with Gasteiger partial charge < -0.3 is 5.32 Å². The highest BCUT2D eigenvalue weighted by Gasteiger charge is 2.44. The Morgan fingerprint density at radius 2 is 2.06 bits per heavy atom. The number of urea groups is 1. The fourth-order valence-corrected chi connectivity index (χ4v) is 2.03. The molecule has 1 aliphatic heterocycles. The van der Waals surface area contributed by atoms with Gasteiger partial charge in [0.25, 0.3) is 5.91 Å². The quantitative estimate of drug-likeness (QED) is 0.839. The molecule has 18 heavy (non-hydrogen) atoms. The monoisotopic (exact) mass is 270 g/mol. The van der Waals surface area contributed by atoms with Crippen molar-refractivity contribution in [3.63, 3.8) is 0 Å². The normalized spacial score (nSPS) is 18.1. The van der Waals surface area contributed by atoms with E-state index in [0.29, 0.717) is 0 Å². The first-order valence-electron chi connectivity index (χ1n) is 5.40. The van der Waals surface area contributed by atoms with Crippen molar-refractivity contribution in [3.05, 3.63) is 34.6 Å². The van der Waals surface area contributed by atoms with Crippen molar-refractivity contribution >= 4 is 23.5 Å². The van der Waals surface area contributed by atoms with Gasteiger partial charge in [0.1, 0.15) is 11.4 Å². The molecule has 1 fully saturated rings. The molecule has 1 aromatic rings. The second-order valence-corrected chi connectivity index (χ2v) is 5.05. The topological polar surface area (TPSA) is 49.4 Å². The highest BCUT2D eigenvalue weighted by Crippen LogP contribution is 2.24. The number of rotatable bonds is 2. The van der Waals surface area contributed by atoms with Crippen LogP contribution in [0.4, 0.5) is 9.18 Å². The second-order valence-electron chi connectivity index (χ2n) is 4.65. The molecule has 0 spiro atoms. The fraction of sp³-hybridized carbons (Fsp3) is 0.333. The van der Waals surface area contributed by atoms with Crippen LogP contribution in [0.25, 0.3) is 0 Å². The maximum atomic E-state index is 13.6. The van der Waals surface area contributed by atoms with Crippen molar-refractivity contribution in [2.75, 3.05) is 0 Å². The van der Waals surface area contributed by atoms with Crippen LogP contribution in [0.2, 0.25) is 5.02 Å². The van der Waals surface area contributed by atoms with Gasteiger partial charge in [-0.3, -0.25) is 9.69 Å². The zero-order valence-corrected chi connectivity index (χ0v) is 10.7. The number of nitrogens with one attached hydrogen (secondary N) is 1. The molecule has 1 aromatic carbocycles. The minimum atomic E-state index is -0.963. The molecule has 0 bridgehead atoms. The molecule has 3 amide bonds. The van der Waals surface area contributed by atoms with E-state index >= 15 is 0 Å². The van der Waals surface area contributed by atoms with Crippen LogP contribution in [0.1, 0.15) is 19.4 Å². The minimum Gasteiger partial charge on any atom is -0.324 e. The number of carbonyl (C=O) groups is 2. The van der Waals surface area contributed by atoms with Crippen LogP contribution in [0.3, 0.4) is 0 Å². The lowest BCUT2D eigenvalue weighted by atomic mass is 10.1. The number of nitrogens with zero attached hydrogens (tertiary/aromatic N) is 1. The molecule has 6 heteroatoms. The van der Waals surface area contributed by atoms with Gasteiger partial charge in [-0.05, 0) is 26.0 Å². The summed E-state index contributed by atoms with van der Waals surface area (Å²) < 4.78 is 13.6. The molecule has 0 aliphatic carbocycles. The molecule has 0 saturated carbocycles. The van der Waals surface area contributed by atoms with Crippen LogP contribution in [0.5, 0.6) is 0 Å². The molecule has 0 aromatic heterocycles. The summed E-state index contributed by atoms with van der Waals surface area (Å²) in [6.45, 7) is 3.02. The number of hydrogen-bond acceptors (Lipinski definition) is 2. The van der Waals surface area contributed by atoms with E-state index < -0.39 is 23.3 Å². The molecule has 1 aliphatic rings. The lowest BCUT2D eigenvalue weighted by Crippen LogP contribution is -2.40. The van der Waals surface area contributed by atoms with Crippen molar-refractivity contribution in [3.8, 4) is 0 Å². The molecule has 0 atom stereocenters. The molecule has 4 nitrogen and oxygen atoms in total. The van der Waals surface area contributed by atoms with Gasteiger partial charge in [0.2, 0.25) is 0 Å². The van der Waals surface area contributed by atoms with Gasteiger partial charge >= 0.3 is 6.03 Å². The van der Waals surface area contributed by atoms with E-state index in [2.05, 4.69) is 5.32 Å². The van der Waals surface area contributed by atoms with Gasteiger partial charge in [-0.15, -0.1) is 0 Å². The summed E-state index contributed by atoms with van der Waals surface area (Å²) in [5.74, 6) is -0.931. The van der Waals surface area contributed by atoms with E-state index in [9.17, 15) is 14.0 Å². The molecule has 0 radical (unpaired) electrons. The fourth-order valence-electron chi connectivity index (χ4n) is 1.80. The Labute approximate surface area is 109 Å². The van der Waals surface area contributed by atoms with Crippen LogP contribution >= 0.6 is 11.6 Å². The van der Waals surface area contributed by atoms with Crippen LogP contribution in [0.15, 0.2) is 18.2 Å². The predicted molar refractivity (Wildman–Crippen MR) is 64.6 cm³/mol. The smallest absolute Gasteiger partial charge is 0.324 e. The largest absolute Gasteiger partial charge is 0.325 e. The average molecular weight is 271 g/mol. The zero-order chi connectivity index (χ0) is 13.5. The summed E-state index contributed by atoms with van der Waals surface area (Å²) in [6, 6.07) is 3.69. The summed E-state index contributed by atoms with van der Waals surface area (Å²) in [4.78, 5) is 24.6. The van der Waals surface area contributed by atoms with Gasteiger partial charge in [-0.25, -0.2) is 9.18 Å². The maximum Gasteiger partial charge on any atom is 0.325 e. The Balaban J connectivity index is 2.30. The van der Waals surface area contributed by atoms with E-state index in [4.69, 9.17) is 11.6 Å². The van der Waals surface area contributed by atoms with E-state index in [1.807, 2.05) is 0 Å². The number of hydrogen-bond donors (Lipinski definition) is 1. The van der Waals surface area contributed by atoms with E-state index in [-0.39, 0.29) is 17.1 Å². The number of carbonyl (C=O) groups excluding carboxylic acids is 2. The molecule has 1 heterocycles. The second kappa shape index (κ2) is 4.24. The third kappa shape index (κ3) is 2.06. The first kappa shape index (κ1) is 12.8. The Morgan fingerprint density at radius 3 is 2.56 bits per heavy atom. The SMILES string of the molecule is CC1(C)NC(=O)N(Cc2c(F)cccc2Cl)C1=O. The van der Waals surface area contributed by atoms with Crippen LogP contribution in [-0.4, -0.2) is 22.4 Å². The van der Waals surface area contributed by atoms with Gasteiger partial charge in [0, 0.05) is 10.6 Å². The predicted octanol–water partition coefficient (Wildman–Crippen LogP) is 2.31. The third-order valence-electron chi connectivity index (χ3n) is 2.82. The Kier molecular flexibility index (Phi) is 3.02. The molecular weight excluding hydrogens is 259 g/mol. The number of imide groups is 1. The lowest BCUT2D eigenvalue weighted by molar-refractivity contribution is -0.130. The van der Waals surface area contributed by atoms with Gasteiger partial charge in [-0.2, -0.15) is 0 Å². The van der Waals surface area contributed by atoms with Crippen molar-refractivity contribution in [1.82, 2.24) is 10.2 Å². The summed E-state index contributed by atoms with van der Waals surface area (Å²) in [7, 11) is 0. The van der Waals surface area contributed by atoms with Crippen LogP contribution in [0, 0.1) is 5.82 Å². The highest BCUT2D eigenvalue weighted by molar-refractivity contribution is 6.31. The first-order valence-corrected chi connectivity index (χ1v) is 5.78. The molecule has 96 valence electrons. The molecular formula is C12H12ClFN2O2. The van der Waals surface area contributed by atoms with Gasteiger partial charge in [0.05, 0.1) is 6.54 Å². The summed E-state index contributed by atoms with van der Waals surface area (Å²) in [5.41, 5.74) is -0.824. The maximum absolute atomic E-state index is 13.6. The van der Waals surface area contributed by atoms with Crippen molar-refractivity contribution in [2.45, 2.75) is 25.9 Å². The summed E-state index contributed by atoms with van der Waals surface area (Å²) >= 11 is 5.86. The van der Waals surface area contributed by atoms with Crippen LogP contribution < -0.4 is 5.32 Å². The average Bonchev–Trinajstić information content (AvgIpc) is 2.45. The number of amides is 3.